The Balaban J connectivity index is 0.000000207. The minimum atomic E-state index is -1.05. The van der Waals surface area contributed by atoms with Crippen LogP contribution in [0.25, 0.3) is 0 Å². The number of methoxy groups -OCH3 is 6. The number of imidazole rings is 7. The van der Waals surface area contributed by atoms with Crippen molar-refractivity contribution in [3.05, 3.63) is 356 Å². The van der Waals surface area contributed by atoms with Crippen LogP contribution in [0.5, 0.6) is 40.2 Å². The maximum atomic E-state index is 11.4. The van der Waals surface area contributed by atoms with Crippen molar-refractivity contribution in [1.82, 2.24) is 66.9 Å². The predicted molar refractivity (Wildman–Crippen MR) is 518 cm³/mol. The molecular weight excluding hydrogens is 1890 g/mol. The van der Waals surface area contributed by atoms with Crippen molar-refractivity contribution in [3.8, 4) is 40.2 Å². The highest BCUT2D eigenvalue weighted by atomic mass is 16.6. The smallest absolute Gasteiger partial charge is 0.311 e. The lowest BCUT2D eigenvalue weighted by molar-refractivity contribution is -0.386. The second-order valence-corrected chi connectivity index (χ2v) is 32.8. The van der Waals surface area contributed by atoms with Gasteiger partial charge >= 0.3 is 53.2 Å². The molecule has 14 rings (SSSR count). The van der Waals surface area contributed by atoms with Crippen LogP contribution in [-0.4, -0.2) is 212 Å². The molecule has 7 heterocycles. The number of hydrogen-bond donors (Lipinski definition) is 7. The summed E-state index contributed by atoms with van der Waals surface area (Å²) in [6.07, 6.45) is 33.2. The van der Waals surface area contributed by atoms with Gasteiger partial charge in [-0.3, -0.25) is 74.0 Å². The Kier molecular flexibility index (Phi) is 41.3. The van der Waals surface area contributed by atoms with Gasteiger partial charge < -0.3 is 101 Å². The molecule has 0 spiro atoms. The summed E-state index contributed by atoms with van der Waals surface area (Å²) in [5.74, 6) is -6.54. The number of aliphatic carboxylic acids is 7. The van der Waals surface area contributed by atoms with Crippen molar-refractivity contribution in [2.45, 2.75) is 116 Å². The number of carboxylic acids is 7. The van der Waals surface area contributed by atoms with E-state index in [0.29, 0.717) is 33.8 Å². The van der Waals surface area contributed by atoms with E-state index in [-0.39, 0.29) is 77.2 Å². The second-order valence-electron chi connectivity index (χ2n) is 32.8. The molecule has 0 aliphatic carbocycles. The Morgan fingerprint density at radius 2 is 0.538 bits per heavy atom. The maximum absolute atomic E-state index is 11.4. The van der Waals surface area contributed by atoms with E-state index in [1.807, 2.05) is 93.6 Å². The maximum Gasteiger partial charge on any atom is 0.311 e. The van der Waals surface area contributed by atoms with Crippen molar-refractivity contribution in [2.24, 2.45) is 23.7 Å². The molecule has 0 amide bonds. The first kappa shape index (κ1) is 112. The van der Waals surface area contributed by atoms with E-state index < -0.39 is 109 Å². The highest BCUT2D eigenvalue weighted by Crippen LogP contribution is 2.41. The summed E-state index contributed by atoms with van der Waals surface area (Å²) in [5.41, 5.74) is 3.28. The van der Waals surface area contributed by atoms with Gasteiger partial charge in [-0.05, 0) is 149 Å². The number of carbonyl (C=O) groups is 7. The Morgan fingerprint density at radius 1 is 0.297 bits per heavy atom. The second kappa shape index (κ2) is 53.6. The molecule has 0 aliphatic heterocycles. The minimum Gasteiger partial charge on any atom is -0.497 e. The number of rotatable bonds is 39. The summed E-state index contributed by atoms with van der Waals surface area (Å²) < 4.78 is 47.6. The van der Waals surface area contributed by atoms with Crippen LogP contribution >= 0.6 is 0 Å². The predicted octanol–water partition coefficient (Wildman–Crippen LogP) is 15.5. The minimum absolute atomic E-state index is 0.00976. The zero-order valence-electron chi connectivity index (χ0n) is 80.6. The van der Waals surface area contributed by atoms with Gasteiger partial charge in [0.05, 0.1) is 215 Å². The van der Waals surface area contributed by atoms with Gasteiger partial charge in [-0.25, -0.2) is 34.9 Å². The lowest BCUT2D eigenvalue weighted by Gasteiger charge is -2.23. The van der Waals surface area contributed by atoms with E-state index >= 15 is 0 Å². The highest BCUT2D eigenvalue weighted by Gasteiger charge is 2.37. The monoisotopic (exact) mass is 2000 g/mol. The lowest BCUT2D eigenvalue weighted by Crippen LogP contribution is -2.25. The molecule has 47 nitrogen and oxygen atoms in total. The fourth-order valence-corrected chi connectivity index (χ4v) is 15.1. The normalized spacial score (nSPS) is 13.0. The number of ether oxygens (including phenoxy) is 7. The van der Waals surface area contributed by atoms with Gasteiger partial charge in [-0.15, -0.1) is 0 Å². The number of hydrogen-bond acceptors (Lipinski definition) is 29. The molecule has 0 bridgehead atoms. The highest BCUT2D eigenvalue weighted by molar-refractivity contribution is 5.74. The molecule has 0 radical (unpaired) electrons. The number of benzene rings is 7. The molecule has 7 aromatic heterocycles. The molecule has 764 valence electrons. The van der Waals surface area contributed by atoms with Crippen LogP contribution in [-0.2, 0) is 33.6 Å². The van der Waals surface area contributed by atoms with Crippen LogP contribution in [0.2, 0.25) is 0 Å². The molecule has 145 heavy (non-hydrogen) atoms. The fourth-order valence-electron chi connectivity index (χ4n) is 15.1. The van der Waals surface area contributed by atoms with Crippen LogP contribution in [0.15, 0.2) is 277 Å². The van der Waals surface area contributed by atoms with Crippen LogP contribution in [0, 0.1) is 64.1 Å². The molecule has 7 N–H and O–H groups in total. The fraction of sp³-hybridized carbons (Fsp3) is 0.286. The molecule has 11 unspecified atom stereocenters. The Labute approximate surface area is 828 Å². The summed E-state index contributed by atoms with van der Waals surface area (Å²) in [6, 6.07) is 36.4. The molecule has 0 aliphatic rings. The van der Waals surface area contributed by atoms with Crippen LogP contribution in [0.4, 0.5) is 22.7 Å². The van der Waals surface area contributed by atoms with Gasteiger partial charge in [0, 0.05) is 98.9 Å². The Bertz CT molecular complexity index is 6410. The first-order valence-electron chi connectivity index (χ1n) is 43.8. The van der Waals surface area contributed by atoms with E-state index in [9.17, 15) is 94.4 Å². The summed E-state index contributed by atoms with van der Waals surface area (Å²) in [5, 5.41) is 109. The third kappa shape index (κ3) is 31.8. The molecule has 0 saturated carbocycles. The quantitative estimate of drug-likeness (QED) is 0.0139. The van der Waals surface area contributed by atoms with Crippen molar-refractivity contribution in [1.29, 1.82) is 0 Å². The van der Waals surface area contributed by atoms with E-state index in [4.69, 9.17) is 48.5 Å². The lowest BCUT2D eigenvalue weighted by atomic mass is 9.93. The first-order chi connectivity index (χ1) is 69.1. The van der Waals surface area contributed by atoms with E-state index in [1.54, 1.807) is 165 Å². The first-order valence-corrected chi connectivity index (χ1v) is 43.8. The summed E-state index contributed by atoms with van der Waals surface area (Å²) in [6.45, 7) is 12.2. The average Bonchev–Trinajstić information content (AvgIpc) is 1.79. The summed E-state index contributed by atoms with van der Waals surface area (Å²) in [4.78, 5) is 149. The standard InChI is InChI=1S/C16H20N2O3.3C14H15N3O5.C14H16N2O3.C13H13N3O5.C13H14N2O3/c1-16(2,3)21-13-6-4-12(5-7-13)14(10-15(19)20)18-9-8-17-11-18;1-9(14(18)19)13(16-6-5-15-8-16)10-3-4-12(22-2)11(7-10)17(20)21;2*1-9(14(18)19)13(16-6-5-15-8-16)11-4-3-10(22-2)7-12(11)17(20)21;1-10(14(17)18)13(16-8-7-15-9-16)11-3-5-12(19-2)6-4-11;1-21-12-3-2-9(6-11(12)16(19)20)10(7-13(17)18)15-5-4-14-8-15;1-18-11-4-2-10(3-5-11)12(8-13(16)17)15-7-6-14-9-15/h4-9,11,14H,10H2,1-3H3,(H,19,20);3*3-9,13H,1-2H3,(H,18,19);3-10,13H,1-2H3,(H,17,18);2-6,8,10H,7H2,1H3,(H,17,18);2-7,9,12H,8H2,1H3,(H,16,17). The van der Waals surface area contributed by atoms with E-state index in [1.165, 1.54) is 141 Å². The number of nitro groups is 4. The zero-order valence-corrected chi connectivity index (χ0v) is 80.6. The zero-order chi connectivity index (χ0) is 106. The molecule has 0 saturated heterocycles. The third-order valence-electron chi connectivity index (χ3n) is 22.3. The Morgan fingerprint density at radius 3 is 0.800 bits per heavy atom. The third-order valence-corrected chi connectivity index (χ3v) is 22.3. The van der Waals surface area contributed by atoms with Crippen LogP contribution < -0.4 is 33.2 Å². The van der Waals surface area contributed by atoms with Crippen LogP contribution in [0.1, 0.15) is 149 Å². The van der Waals surface area contributed by atoms with Gasteiger partial charge in [0.15, 0.2) is 11.5 Å². The van der Waals surface area contributed by atoms with Crippen molar-refractivity contribution in [3.63, 3.8) is 0 Å². The number of nitrogens with zero attached hydrogens (tertiary/aromatic N) is 18. The van der Waals surface area contributed by atoms with E-state index in [0.717, 1.165) is 33.9 Å². The van der Waals surface area contributed by atoms with Gasteiger partial charge in [-0.2, -0.15) is 0 Å². The van der Waals surface area contributed by atoms with Gasteiger partial charge in [-0.1, -0.05) is 48.5 Å². The van der Waals surface area contributed by atoms with Gasteiger partial charge in [0.1, 0.15) is 34.3 Å². The van der Waals surface area contributed by atoms with Crippen molar-refractivity contribution < 1.29 is 122 Å². The molecule has 14 aromatic rings. The average molecular weight is 2000 g/mol. The molecule has 11 atom stereocenters. The Hall–Kier alpha value is -18.5. The largest absolute Gasteiger partial charge is 0.497 e. The molecule has 7 aromatic carbocycles. The molecule has 47 heteroatoms. The summed E-state index contributed by atoms with van der Waals surface area (Å²) in [7, 11) is 8.70. The van der Waals surface area contributed by atoms with Gasteiger partial charge in [0.25, 0.3) is 11.4 Å². The van der Waals surface area contributed by atoms with Crippen molar-refractivity contribution in [2.75, 3.05) is 42.7 Å². The van der Waals surface area contributed by atoms with Crippen molar-refractivity contribution >= 4 is 64.5 Å². The van der Waals surface area contributed by atoms with Crippen LogP contribution in [0.3, 0.4) is 0 Å². The molecule has 0 fully saturated rings. The molecular formula is C98H108N18O29. The number of carboxylic acid groups (broad SMARTS) is 7. The summed E-state index contributed by atoms with van der Waals surface area (Å²) >= 11 is 0. The van der Waals surface area contributed by atoms with E-state index in [2.05, 4.69) is 34.9 Å². The number of aromatic nitrogens is 14. The van der Waals surface area contributed by atoms with Gasteiger partial charge in [0.2, 0.25) is 0 Å². The SMILES string of the molecule is CC(C)(C)Oc1ccc(C(CC(=O)O)n2ccnc2)cc1.COc1ccc(C(C(C)C(=O)O)n2ccnc2)c([N+](=O)[O-])c1.COc1ccc(C(C(C)C(=O)O)n2ccnc2)c([N+](=O)[O-])c1.COc1ccc(C(C(C)C(=O)O)n2ccnc2)cc1.COc1ccc(C(C(C)C(=O)O)n2ccnc2)cc1[N+](=O)[O-].COc1ccc(C(CC(=O)O)n2ccnc2)cc1.COc1ccc(C(CC(=O)O)n2ccnc2)cc1[N+](=O)[O-]. The number of nitro benzene ring substituents is 4. The topological polar surface area (TPSA) is 623 Å².